The van der Waals surface area contributed by atoms with Crippen molar-refractivity contribution in [3.8, 4) is 17.2 Å². The first-order valence-electron chi connectivity index (χ1n) is 7.74. The van der Waals surface area contributed by atoms with Crippen LogP contribution < -0.4 is 10.2 Å². The normalized spacial score (nSPS) is 11.0. The first-order valence-corrected chi connectivity index (χ1v) is 7.74. The summed E-state index contributed by atoms with van der Waals surface area (Å²) in [5.41, 5.74) is 0.763. The van der Waals surface area contributed by atoms with Gasteiger partial charge in [0.1, 0.15) is 23.3 Å². The van der Waals surface area contributed by atoms with Gasteiger partial charge in [0.15, 0.2) is 12.4 Å². The average molecular weight is 406 g/mol. The molecule has 4 N–H and O–H groups in total. The van der Waals surface area contributed by atoms with Crippen molar-refractivity contribution in [2.24, 2.45) is 5.10 Å². The molecular weight excluding hydrogens is 392 g/mol. The number of nitrogens with one attached hydrogen (secondary N) is 1. The number of benzene rings is 2. The van der Waals surface area contributed by atoms with E-state index in [1.807, 2.05) is 0 Å². The highest BCUT2D eigenvalue weighted by Crippen LogP contribution is 2.37. The number of carboxylic acids is 1. The van der Waals surface area contributed by atoms with Gasteiger partial charge in [-0.05, 0) is 25.1 Å². The number of phenols is 2. The van der Waals surface area contributed by atoms with Gasteiger partial charge in [-0.25, -0.2) is 4.79 Å². The molecule has 0 saturated heterocycles. The van der Waals surface area contributed by atoms with E-state index in [-0.39, 0.29) is 28.5 Å². The largest absolute Gasteiger partial charge is 0.508 e. The van der Waals surface area contributed by atoms with Crippen molar-refractivity contribution in [1.29, 1.82) is 0 Å². The van der Waals surface area contributed by atoms with Gasteiger partial charge < -0.3 is 20.1 Å². The highest BCUT2D eigenvalue weighted by Gasteiger charge is 2.26. The molecule has 0 amide bonds. The Bertz CT molecular complexity index is 1020. The second-order valence-corrected chi connectivity index (χ2v) is 5.54. The number of nitro groups is 2. The number of nitro benzene ring substituents is 2. The number of aliphatic carboxylic acids is 1. The number of hydrogen-bond donors (Lipinski definition) is 4. The van der Waals surface area contributed by atoms with Gasteiger partial charge in [0.05, 0.1) is 15.6 Å². The van der Waals surface area contributed by atoms with Crippen LogP contribution in [0.25, 0.3) is 0 Å². The molecule has 2 rings (SSSR count). The molecule has 13 heteroatoms. The summed E-state index contributed by atoms with van der Waals surface area (Å²) in [5, 5.41) is 54.3. The first kappa shape index (κ1) is 20.9. The number of hydrogen-bond acceptors (Lipinski definition) is 10. The standard InChI is InChI=1S/C16H14N4O9/c1-8(10-4-9(21)2-3-14(10)22)17-18-11-5-15(29-7-16(23)24)13(20(27)28)6-12(11)19(25)26/h2-6,18,21-22H,7H2,1H3,(H,23,24). The monoisotopic (exact) mass is 406 g/mol. The van der Waals surface area contributed by atoms with Crippen LogP contribution >= 0.6 is 0 Å². The van der Waals surface area contributed by atoms with Crippen molar-refractivity contribution in [3.63, 3.8) is 0 Å². The van der Waals surface area contributed by atoms with Crippen LogP contribution in [0, 0.1) is 20.2 Å². The van der Waals surface area contributed by atoms with Crippen LogP contribution in [-0.4, -0.2) is 43.5 Å². The molecule has 0 atom stereocenters. The fourth-order valence-electron chi connectivity index (χ4n) is 2.21. The van der Waals surface area contributed by atoms with Crippen LogP contribution in [-0.2, 0) is 4.79 Å². The summed E-state index contributed by atoms with van der Waals surface area (Å²) >= 11 is 0. The maximum atomic E-state index is 11.3. The number of rotatable bonds is 8. The van der Waals surface area contributed by atoms with Crippen molar-refractivity contribution >= 4 is 28.7 Å². The van der Waals surface area contributed by atoms with Gasteiger partial charge in [0, 0.05) is 11.6 Å². The Balaban J connectivity index is 2.48. The minimum absolute atomic E-state index is 0.124. The molecule has 0 bridgehead atoms. The fourth-order valence-corrected chi connectivity index (χ4v) is 2.21. The van der Waals surface area contributed by atoms with Crippen LogP contribution in [0.2, 0.25) is 0 Å². The quantitative estimate of drug-likeness (QED) is 0.218. The van der Waals surface area contributed by atoms with E-state index in [1.165, 1.54) is 25.1 Å². The zero-order valence-corrected chi connectivity index (χ0v) is 14.7. The van der Waals surface area contributed by atoms with E-state index in [9.17, 15) is 35.2 Å². The van der Waals surface area contributed by atoms with E-state index in [2.05, 4.69) is 10.5 Å². The molecule has 0 fully saturated rings. The minimum atomic E-state index is -1.40. The Morgan fingerprint density at radius 2 is 1.79 bits per heavy atom. The van der Waals surface area contributed by atoms with Crippen LogP contribution in [0.1, 0.15) is 12.5 Å². The van der Waals surface area contributed by atoms with Crippen molar-refractivity contribution in [2.45, 2.75) is 6.92 Å². The van der Waals surface area contributed by atoms with Gasteiger partial charge in [-0.2, -0.15) is 5.10 Å². The van der Waals surface area contributed by atoms with E-state index < -0.39 is 39.5 Å². The third-order valence-corrected chi connectivity index (χ3v) is 3.54. The third-order valence-electron chi connectivity index (χ3n) is 3.54. The van der Waals surface area contributed by atoms with E-state index in [0.717, 1.165) is 6.07 Å². The van der Waals surface area contributed by atoms with Gasteiger partial charge in [0.2, 0.25) is 0 Å². The molecule has 29 heavy (non-hydrogen) atoms. The molecule has 13 nitrogen and oxygen atoms in total. The molecular formula is C16H14N4O9. The fraction of sp³-hybridized carbons (Fsp3) is 0.125. The second-order valence-electron chi connectivity index (χ2n) is 5.54. The van der Waals surface area contributed by atoms with Crippen LogP contribution in [0.4, 0.5) is 17.1 Å². The molecule has 0 unspecified atom stereocenters. The maximum Gasteiger partial charge on any atom is 0.341 e. The number of carboxylic acid groups (broad SMARTS) is 1. The summed E-state index contributed by atoms with van der Waals surface area (Å²) in [6.07, 6.45) is 0. The Labute approximate surface area is 161 Å². The number of anilines is 1. The lowest BCUT2D eigenvalue weighted by Gasteiger charge is -2.09. The number of aromatic hydroxyl groups is 2. The van der Waals surface area contributed by atoms with Crippen LogP contribution in [0.15, 0.2) is 35.4 Å². The second kappa shape index (κ2) is 8.51. The Kier molecular flexibility index (Phi) is 6.13. The topological polar surface area (TPSA) is 198 Å². The third kappa shape index (κ3) is 5.06. The zero-order valence-electron chi connectivity index (χ0n) is 14.7. The van der Waals surface area contributed by atoms with E-state index in [1.54, 1.807) is 0 Å². The van der Waals surface area contributed by atoms with Crippen LogP contribution in [0.5, 0.6) is 17.2 Å². The van der Waals surface area contributed by atoms with Gasteiger partial charge in [0.25, 0.3) is 0 Å². The SMILES string of the molecule is CC(=NNc1cc(OCC(=O)O)c([N+](=O)[O-])cc1[N+](=O)[O-])c1cc(O)ccc1O. The molecule has 0 aliphatic heterocycles. The van der Waals surface area contributed by atoms with Gasteiger partial charge in [-0.1, -0.05) is 0 Å². The molecule has 2 aromatic rings. The summed E-state index contributed by atoms with van der Waals surface area (Å²) < 4.78 is 4.84. The summed E-state index contributed by atoms with van der Waals surface area (Å²) in [6, 6.07) is 5.15. The number of nitrogens with zero attached hydrogens (tertiary/aromatic N) is 3. The Morgan fingerprint density at radius 3 is 2.38 bits per heavy atom. The van der Waals surface area contributed by atoms with E-state index in [0.29, 0.717) is 6.07 Å². The predicted molar refractivity (Wildman–Crippen MR) is 98.5 cm³/mol. The number of phenolic OH excluding ortho intramolecular Hbond substituents is 2. The zero-order chi connectivity index (χ0) is 21.7. The predicted octanol–water partition coefficient (Wildman–Crippen LogP) is 2.21. The van der Waals surface area contributed by atoms with Crippen molar-refractivity contribution in [1.82, 2.24) is 0 Å². The van der Waals surface area contributed by atoms with Crippen molar-refractivity contribution in [3.05, 3.63) is 56.1 Å². The van der Waals surface area contributed by atoms with E-state index >= 15 is 0 Å². The molecule has 2 aromatic carbocycles. The highest BCUT2D eigenvalue weighted by molar-refractivity contribution is 6.01. The lowest BCUT2D eigenvalue weighted by atomic mass is 10.1. The molecule has 0 aliphatic carbocycles. The smallest absolute Gasteiger partial charge is 0.341 e. The molecule has 0 radical (unpaired) electrons. The molecule has 0 aliphatic rings. The summed E-state index contributed by atoms with van der Waals surface area (Å²) in [7, 11) is 0. The number of ether oxygens (including phenoxy) is 1. The lowest BCUT2D eigenvalue weighted by Crippen LogP contribution is -2.11. The maximum absolute atomic E-state index is 11.3. The molecule has 152 valence electrons. The number of hydrazone groups is 1. The lowest BCUT2D eigenvalue weighted by molar-refractivity contribution is -0.394. The molecule has 0 heterocycles. The van der Waals surface area contributed by atoms with Gasteiger partial charge >= 0.3 is 17.3 Å². The molecule has 0 saturated carbocycles. The minimum Gasteiger partial charge on any atom is -0.508 e. The Morgan fingerprint density at radius 1 is 1.14 bits per heavy atom. The van der Waals surface area contributed by atoms with Crippen molar-refractivity contribution < 1.29 is 34.7 Å². The molecule has 0 aromatic heterocycles. The average Bonchev–Trinajstić information content (AvgIpc) is 2.65. The summed E-state index contributed by atoms with van der Waals surface area (Å²) in [5.74, 6) is -2.29. The first-order chi connectivity index (χ1) is 13.6. The Hall–Kier alpha value is -4.42. The van der Waals surface area contributed by atoms with Crippen molar-refractivity contribution in [2.75, 3.05) is 12.0 Å². The molecule has 0 spiro atoms. The number of carbonyl (C=O) groups is 1. The summed E-state index contributed by atoms with van der Waals surface area (Å²) in [6.45, 7) is 0.526. The van der Waals surface area contributed by atoms with Gasteiger partial charge in [-0.15, -0.1) is 0 Å². The van der Waals surface area contributed by atoms with Gasteiger partial charge in [-0.3, -0.25) is 25.7 Å². The van der Waals surface area contributed by atoms with E-state index in [4.69, 9.17) is 9.84 Å². The highest BCUT2D eigenvalue weighted by atomic mass is 16.6. The summed E-state index contributed by atoms with van der Waals surface area (Å²) in [4.78, 5) is 31.2. The van der Waals surface area contributed by atoms with Crippen LogP contribution in [0.3, 0.4) is 0 Å².